The van der Waals surface area contributed by atoms with E-state index in [1.165, 1.54) is 13.1 Å². The van der Waals surface area contributed by atoms with E-state index in [-0.39, 0.29) is 11.8 Å². The van der Waals surface area contributed by atoms with Crippen LogP contribution in [0.4, 0.5) is 5.69 Å². The van der Waals surface area contributed by atoms with Crippen LogP contribution < -0.4 is 20.1 Å². The van der Waals surface area contributed by atoms with Gasteiger partial charge in [-0.3, -0.25) is 9.59 Å². The first-order valence-electron chi connectivity index (χ1n) is 7.81. The Bertz CT molecular complexity index is 823. The van der Waals surface area contributed by atoms with E-state index in [1.54, 1.807) is 30.3 Å². The van der Waals surface area contributed by atoms with Crippen molar-refractivity contribution < 1.29 is 19.1 Å². The summed E-state index contributed by atoms with van der Waals surface area (Å²) in [6, 6.07) is 9.75. The van der Waals surface area contributed by atoms with Crippen LogP contribution >= 0.6 is 11.6 Å². The van der Waals surface area contributed by atoms with E-state index in [2.05, 4.69) is 10.6 Å². The number of ether oxygens (including phenoxy) is 2. The lowest BCUT2D eigenvalue weighted by Crippen LogP contribution is -2.19. The van der Waals surface area contributed by atoms with Gasteiger partial charge in [-0.25, -0.2) is 0 Å². The van der Waals surface area contributed by atoms with Crippen molar-refractivity contribution in [1.82, 2.24) is 5.32 Å². The molecule has 25 heavy (non-hydrogen) atoms. The maximum Gasteiger partial charge on any atom is 0.255 e. The molecule has 6 nitrogen and oxygen atoms in total. The monoisotopic (exact) mass is 360 g/mol. The Morgan fingerprint density at radius 2 is 1.76 bits per heavy atom. The number of benzene rings is 2. The number of fused-ring (bicyclic) bond motifs is 1. The van der Waals surface area contributed by atoms with Crippen LogP contribution in [0.3, 0.4) is 0 Å². The van der Waals surface area contributed by atoms with Crippen molar-refractivity contribution in [3.05, 3.63) is 52.5 Å². The van der Waals surface area contributed by atoms with E-state index in [4.69, 9.17) is 21.1 Å². The summed E-state index contributed by atoms with van der Waals surface area (Å²) in [6.07, 6.45) is 0.795. The number of nitrogens with one attached hydrogen (secondary N) is 2. The van der Waals surface area contributed by atoms with Crippen molar-refractivity contribution in [3.63, 3.8) is 0 Å². The summed E-state index contributed by atoms with van der Waals surface area (Å²) in [6.45, 7) is 1.14. The third kappa shape index (κ3) is 3.85. The standard InChI is InChI=1S/C18H17ClN2O4/c1-20-18(23)13-10-12(4-5-14(13)19)21-17(22)11-3-6-15-16(9-11)25-8-2-7-24-15/h3-6,9-10H,2,7-8H2,1H3,(H,20,23)(H,21,22). The summed E-state index contributed by atoms with van der Waals surface area (Å²) in [7, 11) is 1.52. The highest BCUT2D eigenvalue weighted by atomic mass is 35.5. The van der Waals surface area contributed by atoms with Crippen LogP contribution in [-0.4, -0.2) is 32.1 Å². The number of halogens is 1. The predicted molar refractivity (Wildman–Crippen MR) is 94.8 cm³/mol. The second kappa shape index (κ2) is 7.44. The van der Waals surface area contributed by atoms with Gasteiger partial charge in [0.05, 0.1) is 23.8 Å². The highest BCUT2D eigenvalue weighted by molar-refractivity contribution is 6.34. The molecule has 0 aliphatic carbocycles. The molecule has 2 aromatic carbocycles. The maximum absolute atomic E-state index is 12.5. The zero-order valence-electron chi connectivity index (χ0n) is 13.6. The van der Waals surface area contributed by atoms with Gasteiger partial charge in [-0.1, -0.05) is 11.6 Å². The molecule has 1 aliphatic heterocycles. The minimum atomic E-state index is -0.323. The van der Waals surface area contributed by atoms with E-state index in [9.17, 15) is 9.59 Å². The van der Waals surface area contributed by atoms with E-state index in [1.807, 2.05) is 0 Å². The number of amides is 2. The predicted octanol–water partition coefficient (Wildman–Crippen LogP) is 3.11. The second-order valence-electron chi connectivity index (χ2n) is 5.44. The second-order valence-corrected chi connectivity index (χ2v) is 5.85. The van der Waals surface area contributed by atoms with Crippen molar-refractivity contribution >= 4 is 29.1 Å². The fourth-order valence-electron chi connectivity index (χ4n) is 2.42. The molecule has 0 spiro atoms. The normalized spacial score (nSPS) is 12.9. The highest BCUT2D eigenvalue weighted by Gasteiger charge is 2.15. The van der Waals surface area contributed by atoms with Crippen LogP contribution in [0.1, 0.15) is 27.1 Å². The molecule has 0 saturated carbocycles. The molecule has 0 saturated heterocycles. The molecule has 0 bridgehead atoms. The molecular weight excluding hydrogens is 344 g/mol. The SMILES string of the molecule is CNC(=O)c1cc(NC(=O)c2ccc3c(c2)OCCCO3)ccc1Cl. The first-order chi connectivity index (χ1) is 12.1. The van der Waals surface area contributed by atoms with Crippen molar-refractivity contribution in [1.29, 1.82) is 0 Å². The third-order valence-corrected chi connectivity index (χ3v) is 4.04. The summed E-state index contributed by atoms with van der Waals surface area (Å²) in [4.78, 5) is 24.3. The molecule has 0 aromatic heterocycles. The van der Waals surface area contributed by atoms with Gasteiger partial charge in [-0.05, 0) is 36.4 Å². The van der Waals surface area contributed by atoms with E-state index < -0.39 is 0 Å². The fraction of sp³-hybridized carbons (Fsp3) is 0.222. The van der Waals surface area contributed by atoms with Crippen LogP contribution in [0.15, 0.2) is 36.4 Å². The molecule has 1 heterocycles. The number of carbonyl (C=O) groups excluding carboxylic acids is 2. The largest absolute Gasteiger partial charge is 0.490 e. The number of anilines is 1. The van der Waals surface area contributed by atoms with Crippen molar-refractivity contribution in [2.24, 2.45) is 0 Å². The molecular formula is C18H17ClN2O4. The lowest BCUT2D eigenvalue weighted by Gasteiger charge is -2.11. The average Bonchev–Trinajstić information content (AvgIpc) is 2.87. The van der Waals surface area contributed by atoms with E-state index in [0.717, 1.165) is 6.42 Å². The number of hydrogen-bond donors (Lipinski definition) is 2. The zero-order chi connectivity index (χ0) is 17.8. The van der Waals surface area contributed by atoms with Gasteiger partial charge in [0.25, 0.3) is 11.8 Å². The zero-order valence-corrected chi connectivity index (χ0v) is 14.4. The van der Waals surface area contributed by atoms with Gasteiger partial charge in [0, 0.05) is 24.7 Å². The lowest BCUT2D eigenvalue weighted by atomic mass is 10.1. The van der Waals surface area contributed by atoms with E-state index >= 15 is 0 Å². The quantitative estimate of drug-likeness (QED) is 0.881. The van der Waals surface area contributed by atoms with Gasteiger partial charge in [0.15, 0.2) is 11.5 Å². The molecule has 7 heteroatoms. The average molecular weight is 361 g/mol. The van der Waals surface area contributed by atoms with Crippen LogP contribution in [0, 0.1) is 0 Å². The van der Waals surface area contributed by atoms with Crippen LogP contribution in [0.5, 0.6) is 11.5 Å². The van der Waals surface area contributed by atoms with Crippen molar-refractivity contribution in [3.8, 4) is 11.5 Å². The fourth-order valence-corrected chi connectivity index (χ4v) is 2.62. The van der Waals surface area contributed by atoms with Gasteiger partial charge in [-0.2, -0.15) is 0 Å². The first-order valence-corrected chi connectivity index (χ1v) is 8.19. The summed E-state index contributed by atoms with van der Waals surface area (Å²) in [5.74, 6) is 0.534. The minimum Gasteiger partial charge on any atom is -0.490 e. The Morgan fingerprint density at radius 1 is 1.00 bits per heavy atom. The summed E-state index contributed by atoms with van der Waals surface area (Å²) in [5, 5.41) is 5.57. The van der Waals surface area contributed by atoms with Crippen LogP contribution in [0.25, 0.3) is 0 Å². The molecule has 2 aromatic rings. The van der Waals surface area contributed by atoms with Gasteiger partial charge < -0.3 is 20.1 Å². The third-order valence-electron chi connectivity index (χ3n) is 3.71. The molecule has 130 valence electrons. The Kier molecular flexibility index (Phi) is 5.09. The Hall–Kier alpha value is -2.73. The minimum absolute atomic E-state index is 0.292. The summed E-state index contributed by atoms with van der Waals surface area (Å²) >= 11 is 6.01. The number of carbonyl (C=O) groups is 2. The molecule has 2 amide bonds. The number of rotatable bonds is 3. The Morgan fingerprint density at radius 3 is 2.52 bits per heavy atom. The molecule has 1 aliphatic rings. The Balaban J connectivity index is 1.81. The maximum atomic E-state index is 12.5. The summed E-state index contributed by atoms with van der Waals surface area (Å²) < 4.78 is 11.1. The van der Waals surface area contributed by atoms with Gasteiger partial charge in [0.1, 0.15) is 0 Å². The lowest BCUT2D eigenvalue weighted by molar-refractivity contribution is 0.0961. The topological polar surface area (TPSA) is 76.7 Å². The smallest absolute Gasteiger partial charge is 0.255 e. The van der Waals surface area contributed by atoms with Crippen LogP contribution in [-0.2, 0) is 0 Å². The van der Waals surface area contributed by atoms with Crippen LogP contribution in [0.2, 0.25) is 5.02 Å². The molecule has 3 rings (SSSR count). The first kappa shape index (κ1) is 17.1. The van der Waals surface area contributed by atoms with Crippen molar-refractivity contribution in [2.75, 3.05) is 25.6 Å². The molecule has 0 unspecified atom stereocenters. The molecule has 0 fully saturated rings. The van der Waals surface area contributed by atoms with Crippen molar-refractivity contribution in [2.45, 2.75) is 6.42 Å². The van der Waals surface area contributed by atoms with Gasteiger partial charge >= 0.3 is 0 Å². The number of hydrogen-bond acceptors (Lipinski definition) is 4. The van der Waals surface area contributed by atoms with Gasteiger partial charge in [0.2, 0.25) is 0 Å². The van der Waals surface area contributed by atoms with E-state index in [0.29, 0.717) is 46.5 Å². The molecule has 0 radical (unpaired) electrons. The molecule has 0 atom stereocenters. The Labute approximate surface area is 150 Å². The summed E-state index contributed by atoms with van der Waals surface area (Å²) in [5.41, 5.74) is 1.20. The highest BCUT2D eigenvalue weighted by Crippen LogP contribution is 2.30. The molecule has 2 N–H and O–H groups in total. The van der Waals surface area contributed by atoms with Gasteiger partial charge in [-0.15, -0.1) is 0 Å².